The van der Waals surface area contributed by atoms with E-state index in [2.05, 4.69) is 10.4 Å². The van der Waals surface area contributed by atoms with Crippen molar-refractivity contribution in [2.75, 3.05) is 0 Å². The summed E-state index contributed by atoms with van der Waals surface area (Å²) in [6, 6.07) is 16.8. The van der Waals surface area contributed by atoms with Gasteiger partial charge in [0.25, 0.3) is 0 Å². The highest BCUT2D eigenvalue weighted by molar-refractivity contribution is 6.31. The molecular weight excluding hydrogens is 288 g/mol. The van der Waals surface area contributed by atoms with Crippen molar-refractivity contribution < 1.29 is 0 Å². The Bertz CT molecular complexity index is 795. The highest BCUT2D eigenvalue weighted by Crippen LogP contribution is 2.15. The first-order chi connectivity index (χ1) is 10.3. The van der Waals surface area contributed by atoms with Gasteiger partial charge in [-0.2, -0.15) is 9.36 Å². The summed E-state index contributed by atoms with van der Waals surface area (Å²) in [5.74, 6) is 0. The summed E-state index contributed by atoms with van der Waals surface area (Å²) in [4.78, 5) is 12.2. The Kier molecular flexibility index (Phi) is 3.83. The molecule has 1 heterocycles. The molecule has 1 aromatic heterocycles. The molecule has 5 nitrogen and oxygen atoms in total. The van der Waals surface area contributed by atoms with E-state index in [-0.39, 0.29) is 5.69 Å². The second-order valence-electron chi connectivity index (χ2n) is 4.57. The summed E-state index contributed by atoms with van der Waals surface area (Å²) in [6.07, 6.45) is 0.632. The number of nitrogens with zero attached hydrogens (tertiary/aromatic N) is 4. The topological polar surface area (TPSA) is 52.7 Å². The molecule has 21 heavy (non-hydrogen) atoms. The third kappa shape index (κ3) is 2.87. The Balaban J connectivity index is 1.81. The quantitative estimate of drug-likeness (QED) is 0.743. The predicted molar refractivity (Wildman–Crippen MR) is 80.8 cm³/mol. The summed E-state index contributed by atoms with van der Waals surface area (Å²) < 4.78 is 2.63. The highest BCUT2D eigenvalue weighted by Gasteiger charge is 2.09. The number of hydrogen-bond acceptors (Lipinski definition) is 3. The van der Waals surface area contributed by atoms with Crippen molar-refractivity contribution in [1.82, 2.24) is 19.8 Å². The monoisotopic (exact) mass is 300 g/mol. The average Bonchev–Trinajstić information content (AvgIpc) is 2.88. The van der Waals surface area contributed by atoms with E-state index in [9.17, 15) is 4.79 Å². The number of hydrogen-bond donors (Lipinski definition) is 0. The lowest BCUT2D eigenvalue weighted by molar-refractivity contribution is 0.574. The van der Waals surface area contributed by atoms with Gasteiger partial charge in [-0.05, 0) is 40.6 Å². The van der Waals surface area contributed by atoms with E-state index in [0.29, 0.717) is 23.7 Å². The van der Waals surface area contributed by atoms with E-state index >= 15 is 0 Å². The largest absolute Gasteiger partial charge is 0.368 e. The molecular formula is C15H13ClN4O. The molecule has 0 amide bonds. The van der Waals surface area contributed by atoms with Crippen LogP contribution < -0.4 is 5.69 Å². The lowest BCUT2D eigenvalue weighted by atomic mass is 10.1. The molecule has 0 aliphatic rings. The highest BCUT2D eigenvalue weighted by atomic mass is 35.5. The maximum atomic E-state index is 12.2. The number of aromatic nitrogens is 4. The van der Waals surface area contributed by atoms with Gasteiger partial charge in [0.15, 0.2) is 0 Å². The summed E-state index contributed by atoms with van der Waals surface area (Å²) in [6.45, 7) is 0.440. The summed E-state index contributed by atoms with van der Waals surface area (Å²) >= 11 is 6.10. The second-order valence-corrected chi connectivity index (χ2v) is 4.98. The van der Waals surface area contributed by atoms with Crippen LogP contribution in [0.2, 0.25) is 5.02 Å². The van der Waals surface area contributed by atoms with Crippen LogP contribution in [-0.2, 0) is 13.0 Å². The van der Waals surface area contributed by atoms with Gasteiger partial charge < -0.3 is 0 Å². The van der Waals surface area contributed by atoms with Crippen LogP contribution >= 0.6 is 11.6 Å². The SMILES string of the molecule is O=c1n(CCc2ccccc2Cl)nnn1-c1ccccc1. The molecule has 0 saturated heterocycles. The molecule has 0 spiro atoms. The number of benzene rings is 2. The van der Waals surface area contributed by atoms with Crippen LogP contribution in [0.25, 0.3) is 5.69 Å². The fourth-order valence-electron chi connectivity index (χ4n) is 2.07. The first-order valence-electron chi connectivity index (χ1n) is 6.57. The van der Waals surface area contributed by atoms with E-state index in [1.165, 1.54) is 9.36 Å². The van der Waals surface area contributed by atoms with E-state index in [4.69, 9.17) is 11.6 Å². The maximum absolute atomic E-state index is 12.2. The molecule has 0 atom stereocenters. The van der Waals surface area contributed by atoms with Crippen LogP contribution in [0.4, 0.5) is 0 Å². The van der Waals surface area contributed by atoms with Crippen molar-refractivity contribution in [3.05, 3.63) is 75.7 Å². The fraction of sp³-hybridized carbons (Fsp3) is 0.133. The molecule has 0 saturated carbocycles. The minimum absolute atomic E-state index is 0.256. The number of aryl methyl sites for hydroxylation is 2. The molecule has 0 aliphatic carbocycles. The van der Waals surface area contributed by atoms with E-state index < -0.39 is 0 Å². The molecule has 0 bridgehead atoms. The second kappa shape index (κ2) is 5.93. The van der Waals surface area contributed by atoms with Gasteiger partial charge in [-0.3, -0.25) is 0 Å². The Labute approximate surface area is 126 Å². The van der Waals surface area contributed by atoms with E-state index in [1.54, 1.807) is 0 Å². The maximum Gasteiger partial charge on any atom is 0.368 e. The van der Waals surface area contributed by atoms with Gasteiger partial charge in [-0.15, -0.1) is 0 Å². The minimum atomic E-state index is -0.256. The Morgan fingerprint density at radius 1 is 0.952 bits per heavy atom. The molecule has 3 aromatic rings. The lowest BCUT2D eigenvalue weighted by Crippen LogP contribution is -2.25. The number of rotatable bonds is 4. The Hall–Kier alpha value is -2.40. The van der Waals surface area contributed by atoms with Gasteiger partial charge in [0.2, 0.25) is 0 Å². The lowest BCUT2D eigenvalue weighted by Gasteiger charge is -2.02. The van der Waals surface area contributed by atoms with Crippen LogP contribution in [-0.4, -0.2) is 19.8 Å². The van der Waals surface area contributed by atoms with Crippen molar-refractivity contribution in [3.63, 3.8) is 0 Å². The molecule has 2 aromatic carbocycles. The zero-order valence-corrected chi connectivity index (χ0v) is 11.9. The molecule has 6 heteroatoms. The molecule has 0 radical (unpaired) electrons. The van der Waals surface area contributed by atoms with Gasteiger partial charge in [-0.1, -0.05) is 48.0 Å². The first kappa shape index (κ1) is 13.6. The Morgan fingerprint density at radius 2 is 1.67 bits per heavy atom. The zero-order chi connectivity index (χ0) is 14.7. The van der Waals surface area contributed by atoms with Crippen molar-refractivity contribution in [3.8, 4) is 5.69 Å². The molecule has 106 valence electrons. The summed E-state index contributed by atoms with van der Waals surface area (Å²) in [5.41, 5.74) is 1.43. The number of para-hydroxylation sites is 1. The van der Waals surface area contributed by atoms with Crippen molar-refractivity contribution >= 4 is 11.6 Å². The molecule has 0 unspecified atom stereocenters. The average molecular weight is 301 g/mol. The van der Waals surface area contributed by atoms with Crippen LogP contribution in [0.1, 0.15) is 5.56 Å². The summed E-state index contributed by atoms with van der Waals surface area (Å²) in [5, 5.41) is 8.51. The van der Waals surface area contributed by atoms with Gasteiger partial charge >= 0.3 is 5.69 Å². The molecule has 0 fully saturated rings. The Morgan fingerprint density at radius 3 is 2.43 bits per heavy atom. The van der Waals surface area contributed by atoms with Crippen molar-refractivity contribution in [2.45, 2.75) is 13.0 Å². The molecule has 0 N–H and O–H groups in total. The summed E-state index contributed by atoms with van der Waals surface area (Å²) in [7, 11) is 0. The van der Waals surface area contributed by atoms with Gasteiger partial charge in [-0.25, -0.2) is 4.79 Å². The predicted octanol–water partition coefficient (Wildman–Crippen LogP) is 2.33. The normalized spacial score (nSPS) is 10.7. The first-order valence-corrected chi connectivity index (χ1v) is 6.95. The molecule has 3 rings (SSSR count). The van der Waals surface area contributed by atoms with Crippen LogP contribution in [0.3, 0.4) is 0 Å². The van der Waals surface area contributed by atoms with Crippen LogP contribution in [0.15, 0.2) is 59.4 Å². The van der Waals surface area contributed by atoms with Crippen LogP contribution in [0.5, 0.6) is 0 Å². The van der Waals surface area contributed by atoms with Crippen molar-refractivity contribution in [2.24, 2.45) is 0 Å². The van der Waals surface area contributed by atoms with Crippen molar-refractivity contribution in [1.29, 1.82) is 0 Å². The van der Waals surface area contributed by atoms with Gasteiger partial charge in [0.05, 0.1) is 12.2 Å². The number of tetrazole rings is 1. The van der Waals surface area contributed by atoms with Gasteiger partial charge in [0.1, 0.15) is 0 Å². The standard InChI is InChI=1S/C15H13ClN4O/c16-14-9-5-4-6-12(14)10-11-19-15(21)20(18-17-19)13-7-2-1-3-8-13/h1-9H,10-11H2. The smallest absolute Gasteiger partial charge is 0.244 e. The third-order valence-electron chi connectivity index (χ3n) is 3.19. The zero-order valence-electron chi connectivity index (χ0n) is 11.2. The van der Waals surface area contributed by atoms with E-state index in [1.807, 2.05) is 54.6 Å². The third-order valence-corrected chi connectivity index (χ3v) is 3.56. The number of halogens is 1. The van der Waals surface area contributed by atoms with E-state index in [0.717, 1.165) is 5.56 Å². The van der Waals surface area contributed by atoms with Crippen LogP contribution in [0, 0.1) is 0 Å². The fourth-order valence-corrected chi connectivity index (χ4v) is 2.30. The van der Waals surface area contributed by atoms with Gasteiger partial charge in [0, 0.05) is 5.02 Å². The molecule has 0 aliphatic heterocycles. The minimum Gasteiger partial charge on any atom is -0.244 e.